The van der Waals surface area contributed by atoms with Crippen molar-refractivity contribution < 1.29 is 19.4 Å². The Labute approximate surface area is 137 Å². The van der Waals surface area contributed by atoms with E-state index in [4.69, 9.17) is 11.6 Å². The van der Waals surface area contributed by atoms with Gasteiger partial charge >= 0.3 is 0 Å². The first-order valence-electron chi connectivity index (χ1n) is 6.76. The van der Waals surface area contributed by atoms with Crippen LogP contribution < -0.4 is 5.43 Å². The number of benzene rings is 2. The van der Waals surface area contributed by atoms with Gasteiger partial charge in [-0.2, -0.15) is 5.10 Å². The van der Waals surface area contributed by atoms with Gasteiger partial charge in [-0.25, -0.2) is 9.82 Å². The van der Waals surface area contributed by atoms with E-state index in [1.807, 2.05) is 0 Å². The van der Waals surface area contributed by atoms with Crippen LogP contribution in [0.3, 0.4) is 0 Å². The summed E-state index contributed by atoms with van der Waals surface area (Å²) in [6, 6.07) is 7.49. The van der Waals surface area contributed by atoms with Gasteiger partial charge in [-0.05, 0) is 42.8 Å². The van der Waals surface area contributed by atoms with Crippen molar-refractivity contribution in [2.24, 2.45) is 5.10 Å². The van der Waals surface area contributed by atoms with E-state index >= 15 is 0 Å². The van der Waals surface area contributed by atoms with Crippen molar-refractivity contribution in [3.8, 4) is 11.5 Å². The molecule has 0 aliphatic heterocycles. The fraction of sp³-hybridized carbons (Fsp3) is 0.125. The molecule has 0 saturated carbocycles. The Morgan fingerprint density at radius 2 is 1.83 bits per heavy atom. The van der Waals surface area contributed by atoms with Gasteiger partial charge in [0, 0.05) is 10.6 Å². The maximum Gasteiger partial charge on any atom is 0.275 e. The molecule has 2 aromatic carbocycles. The number of amides is 1. The summed E-state index contributed by atoms with van der Waals surface area (Å²) in [6.45, 7) is 1.74. The molecule has 120 valence electrons. The number of phenolic OH excluding ortho intramolecular Hbond substituents is 2. The fourth-order valence-electron chi connectivity index (χ4n) is 1.94. The van der Waals surface area contributed by atoms with Gasteiger partial charge in [-0.3, -0.25) is 4.79 Å². The van der Waals surface area contributed by atoms with E-state index in [9.17, 15) is 19.4 Å². The quantitative estimate of drug-likeness (QED) is 0.591. The van der Waals surface area contributed by atoms with Crippen LogP contribution in [0.4, 0.5) is 4.39 Å². The lowest BCUT2D eigenvalue weighted by atomic mass is 10.1. The van der Waals surface area contributed by atoms with E-state index in [1.54, 1.807) is 6.92 Å². The second-order valence-electron chi connectivity index (χ2n) is 4.68. The van der Waals surface area contributed by atoms with E-state index in [0.717, 1.165) is 12.1 Å². The van der Waals surface area contributed by atoms with E-state index in [2.05, 4.69) is 10.5 Å². The average Bonchev–Trinajstić information content (AvgIpc) is 2.53. The summed E-state index contributed by atoms with van der Waals surface area (Å²) < 4.78 is 13.3. The molecule has 7 heteroatoms. The van der Waals surface area contributed by atoms with E-state index in [-0.39, 0.29) is 33.4 Å². The normalized spacial score (nSPS) is 11.3. The zero-order valence-corrected chi connectivity index (χ0v) is 12.9. The predicted molar refractivity (Wildman–Crippen MR) is 85.5 cm³/mol. The van der Waals surface area contributed by atoms with Crippen LogP contribution in [0.5, 0.6) is 11.5 Å². The molecule has 0 radical (unpaired) electrons. The maximum atomic E-state index is 13.3. The van der Waals surface area contributed by atoms with Crippen LogP contribution in [0.15, 0.2) is 41.5 Å². The van der Waals surface area contributed by atoms with Crippen LogP contribution in [0.1, 0.15) is 29.3 Å². The second-order valence-corrected chi connectivity index (χ2v) is 5.11. The lowest BCUT2D eigenvalue weighted by Crippen LogP contribution is -2.20. The molecule has 5 nitrogen and oxygen atoms in total. The first kappa shape index (κ1) is 16.8. The number of halogens is 2. The number of hydrogen-bond acceptors (Lipinski definition) is 4. The van der Waals surface area contributed by atoms with Gasteiger partial charge < -0.3 is 10.2 Å². The maximum absolute atomic E-state index is 13.3. The van der Waals surface area contributed by atoms with E-state index in [1.165, 1.54) is 24.3 Å². The summed E-state index contributed by atoms with van der Waals surface area (Å²) in [5.41, 5.74) is 2.69. The molecule has 3 N–H and O–H groups in total. The first-order valence-corrected chi connectivity index (χ1v) is 7.14. The summed E-state index contributed by atoms with van der Waals surface area (Å²) in [6.07, 6.45) is 0.346. The minimum atomic E-state index is -0.674. The van der Waals surface area contributed by atoms with Crippen LogP contribution in [-0.2, 0) is 0 Å². The number of nitrogens with zero attached hydrogens (tertiary/aromatic N) is 1. The molecular weight excluding hydrogens is 323 g/mol. The highest BCUT2D eigenvalue weighted by Gasteiger charge is 2.13. The molecule has 0 fully saturated rings. The molecule has 0 atom stereocenters. The standard InChI is InChI=1S/C16H14ClFN2O3/c1-2-13(11-8-10(18)4-6-14(11)21)19-20-16(23)12-7-9(17)3-5-15(12)22/h3-8,21-22H,2H2,1H3,(H,20,23)/b19-13+. The molecule has 0 spiro atoms. The third-order valence-corrected chi connectivity index (χ3v) is 3.34. The van der Waals surface area contributed by atoms with Crippen molar-refractivity contribution in [2.75, 3.05) is 0 Å². The molecule has 0 aromatic heterocycles. The van der Waals surface area contributed by atoms with Crippen LogP contribution in [0, 0.1) is 5.82 Å². The van der Waals surface area contributed by atoms with Crippen LogP contribution >= 0.6 is 11.6 Å². The molecule has 23 heavy (non-hydrogen) atoms. The topological polar surface area (TPSA) is 81.9 Å². The number of rotatable bonds is 4. The fourth-order valence-corrected chi connectivity index (χ4v) is 2.11. The molecule has 2 aromatic rings. The summed E-state index contributed by atoms with van der Waals surface area (Å²) in [7, 11) is 0. The number of aromatic hydroxyl groups is 2. The van der Waals surface area contributed by atoms with Crippen molar-refractivity contribution in [1.29, 1.82) is 0 Å². The summed E-state index contributed by atoms with van der Waals surface area (Å²) in [4.78, 5) is 12.0. The summed E-state index contributed by atoms with van der Waals surface area (Å²) in [5.74, 6) is -1.59. The van der Waals surface area contributed by atoms with Crippen molar-refractivity contribution in [3.63, 3.8) is 0 Å². The highest BCUT2D eigenvalue weighted by atomic mass is 35.5. The Morgan fingerprint density at radius 3 is 2.52 bits per heavy atom. The van der Waals surface area contributed by atoms with Crippen LogP contribution in [0.25, 0.3) is 0 Å². The third kappa shape index (κ3) is 3.98. The number of hydrogen-bond donors (Lipinski definition) is 3. The largest absolute Gasteiger partial charge is 0.507 e. The Balaban J connectivity index is 2.27. The Morgan fingerprint density at radius 1 is 1.17 bits per heavy atom. The number of carbonyl (C=O) groups is 1. The van der Waals surface area contributed by atoms with Crippen molar-refractivity contribution >= 4 is 23.2 Å². The van der Waals surface area contributed by atoms with Crippen LogP contribution in [-0.4, -0.2) is 21.8 Å². The van der Waals surface area contributed by atoms with Gasteiger partial charge in [0.15, 0.2) is 0 Å². The van der Waals surface area contributed by atoms with Crippen molar-refractivity contribution in [2.45, 2.75) is 13.3 Å². The SMILES string of the molecule is CC/C(=N\NC(=O)c1cc(Cl)ccc1O)c1cc(F)ccc1O. The minimum Gasteiger partial charge on any atom is -0.507 e. The number of nitrogens with one attached hydrogen (secondary N) is 1. The summed E-state index contributed by atoms with van der Waals surface area (Å²) in [5, 5.41) is 23.6. The Hall–Kier alpha value is -2.60. The van der Waals surface area contributed by atoms with E-state index < -0.39 is 11.7 Å². The molecule has 2 rings (SSSR count). The van der Waals surface area contributed by atoms with Crippen molar-refractivity contribution in [3.05, 3.63) is 58.4 Å². The highest BCUT2D eigenvalue weighted by molar-refractivity contribution is 6.31. The lowest BCUT2D eigenvalue weighted by molar-refractivity contribution is 0.0952. The van der Waals surface area contributed by atoms with Crippen molar-refractivity contribution in [1.82, 2.24) is 5.43 Å². The van der Waals surface area contributed by atoms with Gasteiger partial charge in [0.25, 0.3) is 5.91 Å². The molecule has 0 saturated heterocycles. The smallest absolute Gasteiger partial charge is 0.275 e. The Kier molecular flexibility index (Phi) is 5.18. The molecule has 0 aliphatic carbocycles. The molecule has 0 bridgehead atoms. The molecule has 0 unspecified atom stereocenters. The molecule has 0 aliphatic rings. The number of phenols is 2. The summed E-state index contributed by atoms with van der Waals surface area (Å²) >= 11 is 5.78. The van der Waals surface area contributed by atoms with Gasteiger partial charge in [0.1, 0.15) is 17.3 Å². The predicted octanol–water partition coefficient (Wildman–Crippen LogP) is 3.43. The third-order valence-electron chi connectivity index (χ3n) is 3.10. The monoisotopic (exact) mass is 336 g/mol. The number of hydrazone groups is 1. The van der Waals surface area contributed by atoms with Crippen LogP contribution in [0.2, 0.25) is 5.02 Å². The van der Waals surface area contributed by atoms with Gasteiger partial charge in [0.2, 0.25) is 0 Å². The molecular formula is C16H14ClFN2O3. The van der Waals surface area contributed by atoms with Gasteiger partial charge in [-0.15, -0.1) is 0 Å². The van der Waals surface area contributed by atoms with Gasteiger partial charge in [-0.1, -0.05) is 18.5 Å². The Bertz CT molecular complexity index is 778. The molecule has 0 heterocycles. The first-order chi connectivity index (χ1) is 10.9. The molecule has 1 amide bonds. The van der Waals surface area contributed by atoms with E-state index in [0.29, 0.717) is 6.42 Å². The number of carbonyl (C=O) groups excluding carboxylic acids is 1. The second kappa shape index (κ2) is 7.11. The lowest BCUT2D eigenvalue weighted by Gasteiger charge is -2.08. The van der Waals surface area contributed by atoms with Gasteiger partial charge in [0.05, 0.1) is 11.3 Å². The zero-order valence-electron chi connectivity index (χ0n) is 12.2. The average molecular weight is 337 g/mol. The highest BCUT2D eigenvalue weighted by Crippen LogP contribution is 2.22. The zero-order chi connectivity index (χ0) is 17.0. The minimum absolute atomic E-state index is 0.0415.